The molecule has 0 aliphatic rings. The molecule has 1 unspecified atom stereocenters. The number of aromatic hydroxyl groups is 1. The molecule has 0 aromatic heterocycles. The summed E-state index contributed by atoms with van der Waals surface area (Å²) < 4.78 is 0. The van der Waals surface area contributed by atoms with Crippen LogP contribution in [0.5, 0.6) is 5.75 Å². The molecule has 0 saturated carbocycles. The first kappa shape index (κ1) is 20.3. The average Bonchev–Trinajstić information content (AvgIpc) is 2.59. The van der Waals surface area contributed by atoms with Crippen molar-refractivity contribution in [2.45, 2.75) is 25.8 Å². The number of phenols is 1. The van der Waals surface area contributed by atoms with Crippen molar-refractivity contribution in [3.63, 3.8) is 0 Å². The van der Waals surface area contributed by atoms with Crippen LogP contribution in [0, 0.1) is 0 Å². The number of halogens is 1. The second-order valence-electron chi connectivity index (χ2n) is 5.55. The van der Waals surface area contributed by atoms with Crippen LogP contribution in [0.4, 0.5) is 0 Å². The van der Waals surface area contributed by atoms with Gasteiger partial charge < -0.3 is 15.7 Å². The Morgan fingerprint density at radius 1 is 1.08 bits per heavy atom. The molecule has 0 spiro atoms. The van der Waals surface area contributed by atoms with Crippen molar-refractivity contribution in [1.82, 2.24) is 10.6 Å². The molecule has 2 aromatic carbocycles. The maximum absolute atomic E-state index is 9.27. The first-order valence-electron chi connectivity index (χ1n) is 7.99. The largest absolute Gasteiger partial charge is 0.508 e. The first-order valence-corrected chi connectivity index (χ1v) is 7.99. The van der Waals surface area contributed by atoms with Gasteiger partial charge in [-0.25, -0.2) is 0 Å². The van der Waals surface area contributed by atoms with Crippen LogP contribution in [-0.2, 0) is 6.42 Å². The molecular weight excluding hydrogens is 413 g/mol. The molecule has 4 nitrogen and oxygen atoms in total. The van der Waals surface area contributed by atoms with Crippen molar-refractivity contribution in [3.05, 3.63) is 65.7 Å². The number of hydrogen-bond donors (Lipinski definition) is 3. The molecule has 130 valence electrons. The molecule has 0 aliphatic carbocycles. The fraction of sp³-hybridized carbons (Fsp3) is 0.316. The molecule has 3 N–H and O–H groups in total. The highest BCUT2D eigenvalue weighted by molar-refractivity contribution is 14.0. The SMILES string of the molecule is CN=C(NCCCc1ccc(O)cc1)NC(C)c1ccccc1.I. The van der Waals surface area contributed by atoms with E-state index in [0.29, 0.717) is 5.75 Å². The lowest BCUT2D eigenvalue weighted by Crippen LogP contribution is -2.39. The minimum absolute atomic E-state index is 0. The number of hydrogen-bond acceptors (Lipinski definition) is 2. The van der Waals surface area contributed by atoms with E-state index in [9.17, 15) is 5.11 Å². The maximum atomic E-state index is 9.27. The number of aryl methyl sites for hydroxylation is 1. The third-order valence-electron chi connectivity index (χ3n) is 3.75. The van der Waals surface area contributed by atoms with Crippen LogP contribution >= 0.6 is 24.0 Å². The van der Waals surface area contributed by atoms with E-state index >= 15 is 0 Å². The van der Waals surface area contributed by atoms with Crippen molar-refractivity contribution in [2.75, 3.05) is 13.6 Å². The molecule has 5 heteroatoms. The van der Waals surface area contributed by atoms with Gasteiger partial charge in [0, 0.05) is 13.6 Å². The highest BCUT2D eigenvalue weighted by Gasteiger charge is 2.06. The van der Waals surface area contributed by atoms with Crippen molar-refractivity contribution >= 4 is 29.9 Å². The minimum atomic E-state index is 0. The van der Waals surface area contributed by atoms with E-state index in [1.54, 1.807) is 19.2 Å². The summed E-state index contributed by atoms with van der Waals surface area (Å²) >= 11 is 0. The summed E-state index contributed by atoms with van der Waals surface area (Å²) in [6.07, 6.45) is 1.98. The molecule has 0 amide bonds. The number of nitrogens with one attached hydrogen (secondary N) is 2. The number of benzene rings is 2. The van der Waals surface area contributed by atoms with Gasteiger partial charge in [0.2, 0.25) is 0 Å². The maximum Gasteiger partial charge on any atom is 0.191 e. The van der Waals surface area contributed by atoms with E-state index < -0.39 is 0 Å². The Morgan fingerprint density at radius 2 is 1.75 bits per heavy atom. The number of phenolic OH excluding ortho intramolecular Hbond substituents is 1. The summed E-state index contributed by atoms with van der Waals surface area (Å²) in [7, 11) is 1.78. The van der Waals surface area contributed by atoms with Crippen LogP contribution < -0.4 is 10.6 Å². The third-order valence-corrected chi connectivity index (χ3v) is 3.75. The van der Waals surface area contributed by atoms with Crippen molar-refractivity contribution in [2.24, 2.45) is 4.99 Å². The van der Waals surface area contributed by atoms with Gasteiger partial charge in [-0.1, -0.05) is 42.5 Å². The summed E-state index contributed by atoms with van der Waals surface area (Å²) in [6, 6.07) is 17.9. The van der Waals surface area contributed by atoms with Crippen molar-refractivity contribution in [1.29, 1.82) is 0 Å². The summed E-state index contributed by atoms with van der Waals surface area (Å²) in [5.74, 6) is 1.12. The van der Waals surface area contributed by atoms with E-state index in [1.807, 2.05) is 30.3 Å². The van der Waals surface area contributed by atoms with Gasteiger partial charge in [-0.15, -0.1) is 24.0 Å². The zero-order chi connectivity index (χ0) is 16.5. The highest BCUT2D eigenvalue weighted by Crippen LogP contribution is 2.11. The smallest absolute Gasteiger partial charge is 0.191 e. The lowest BCUT2D eigenvalue weighted by molar-refractivity contribution is 0.475. The average molecular weight is 439 g/mol. The third kappa shape index (κ3) is 6.78. The normalized spacial score (nSPS) is 12.2. The van der Waals surface area contributed by atoms with E-state index in [4.69, 9.17) is 0 Å². The number of rotatable bonds is 6. The lowest BCUT2D eigenvalue weighted by Gasteiger charge is -2.18. The fourth-order valence-corrected chi connectivity index (χ4v) is 2.39. The van der Waals surface area contributed by atoms with Gasteiger partial charge in [0.05, 0.1) is 6.04 Å². The molecule has 0 radical (unpaired) electrons. The Morgan fingerprint density at radius 3 is 2.38 bits per heavy atom. The second-order valence-corrected chi connectivity index (χ2v) is 5.55. The Labute approximate surface area is 161 Å². The van der Waals surface area contributed by atoms with Gasteiger partial charge in [0.1, 0.15) is 5.75 Å². The van der Waals surface area contributed by atoms with Crippen LogP contribution in [0.15, 0.2) is 59.6 Å². The first-order chi connectivity index (χ1) is 11.2. The zero-order valence-electron chi connectivity index (χ0n) is 14.2. The highest BCUT2D eigenvalue weighted by atomic mass is 127. The predicted octanol–water partition coefficient (Wildman–Crippen LogP) is 3.87. The van der Waals surface area contributed by atoms with Crippen molar-refractivity contribution in [3.8, 4) is 5.75 Å². The topological polar surface area (TPSA) is 56.7 Å². The molecule has 0 saturated heterocycles. The zero-order valence-corrected chi connectivity index (χ0v) is 16.5. The van der Waals surface area contributed by atoms with Gasteiger partial charge in [-0.05, 0) is 43.0 Å². The van der Waals surface area contributed by atoms with Crippen molar-refractivity contribution < 1.29 is 5.11 Å². The summed E-state index contributed by atoms with van der Waals surface area (Å²) in [4.78, 5) is 4.27. The van der Waals surface area contributed by atoms with Crippen LogP contribution in [0.2, 0.25) is 0 Å². The van der Waals surface area contributed by atoms with Gasteiger partial charge >= 0.3 is 0 Å². The Hall–Kier alpha value is -1.76. The lowest BCUT2D eigenvalue weighted by atomic mass is 10.1. The van der Waals surface area contributed by atoms with E-state index in [1.165, 1.54) is 11.1 Å². The standard InChI is InChI=1S/C19H25N3O.HI/c1-15(17-8-4-3-5-9-17)22-19(20-2)21-14-6-7-16-10-12-18(23)13-11-16;/h3-5,8-13,15,23H,6-7,14H2,1-2H3,(H2,20,21,22);1H. The van der Waals surface area contributed by atoms with E-state index in [0.717, 1.165) is 25.3 Å². The Kier molecular flexibility index (Phi) is 9.22. The van der Waals surface area contributed by atoms with Gasteiger partial charge in [-0.3, -0.25) is 4.99 Å². The summed E-state index contributed by atoms with van der Waals surface area (Å²) in [5, 5.41) is 16.0. The number of guanidine groups is 1. The minimum Gasteiger partial charge on any atom is -0.508 e. The van der Waals surface area contributed by atoms with E-state index in [-0.39, 0.29) is 30.0 Å². The van der Waals surface area contributed by atoms with Gasteiger partial charge in [-0.2, -0.15) is 0 Å². The molecule has 0 fully saturated rings. The number of nitrogens with zero attached hydrogens (tertiary/aromatic N) is 1. The predicted molar refractivity (Wildman–Crippen MR) is 111 cm³/mol. The second kappa shape index (κ2) is 10.9. The molecular formula is C19H26IN3O. The molecule has 2 aromatic rings. The Balaban J connectivity index is 0.00000288. The van der Waals surface area contributed by atoms with Crippen LogP contribution in [0.3, 0.4) is 0 Å². The Bertz CT molecular complexity index is 614. The van der Waals surface area contributed by atoms with Gasteiger partial charge in [0.25, 0.3) is 0 Å². The molecule has 1 atom stereocenters. The quantitative estimate of drug-likeness (QED) is 0.277. The number of aliphatic imine (C=N–C) groups is 1. The molecule has 0 bridgehead atoms. The fourth-order valence-electron chi connectivity index (χ4n) is 2.39. The van der Waals surface area contributed by atoms with Crippen LogP contribution in [-0.4, -0.2) is 24.7 Å². The summed E-state index contributed by atoms with van der Waals surface area (Å²) in [6.45, 7) is 2.97. The van der Waals surface area contributed by atoms with Gasteiger partial charge in [0.15, 0.2) is 5.96 Å². The summed E-state index contributed by atoms with van der Waals surface area (Å²) in [5.41, 5.74) is 2.46. The van der Waals surface area contributed by atoms with E-state index in [2.05, 4.69) is 34.7 Å². The van der Waals surface area contributed by atoms with Crippen LogP contribution in [0.25, 0.3) is 0 Å². The monoisotopic (exact) mass is 439 g/mol. The molecule has 24 heavy (non-hydrogen) atoms. The molecule has 0 aliphatic heterocycles. The van der Waals surface area contributed by atoms with Crippen LogP contribution in [0.1, 0.15) is 30.5 Å². The molecule has 0 heterocycles. The molecule has 2 rings (SSSR count).